The van der Waals surface area contributed by atoms with Gasteiger partial charge in [-0.2, -0.15) is 0 Å². The van der Waals surface area contributed by atoms with Crippen LogP contribution in [-0.4, -0.2) is 28.2 Å². The van der Waals surface area contributed by atoms with Crippen LogP contribution in [0.25, 0.3) is 11.3 Å². The Bertz CT molecular complexity index is 555. The molecule has 3 N–H and O–H groups in total. The minimum absolute atomic E-state index is 0.487. The summed E-state index contributed by atoms with van der Waals surface area (Å²) in [5.74, 6) is 0. The zero-order valence-corrected chi connectivity index (χ0v) is 10.5. The van der Waals surface area contributed by atoms with Crippen molar-refractivity contribution >= 4 is 29.0 Å². The first-order chi connectivity index (χ1) is 8.74. The summed E-state index contributed by atoms with van der Waals surface area (Å²) in [6.45, 7) is 0. The fraction of sp³-hybridized carbons (Fsp3) is 0.250. The van der Waals surface area contributed by atoms with Gasteiger partial charge in [-0.15, -0.1) is 11.3 Å². The van der Waals surface area contributed by atoms with Crippen molar-refractivity contribution in [2.24, 2.45) is 0 Å². The normalized spacial score (nSPS) is 14.6. The minimum Gasteiger partial charge on any atom is -0.423 e. The number of nitrogens with one attached hydrogen (secondary N) is 1. The lowest BCUT2D eigenvalue weighted by molar-refractivity contribution is 0.426. The summed E-state index contributed by atoms with van der Waals surface area (Å²) < 4.78 is 0. The first-order valence-corrected chi connectivity index (χ1v) is 6.79. The van der Waals surface area contributed by atoms with Crippen molar-refractivity contribution in [2.45, 2.75) is 18.9 Å². The molecule has 4 nitrogen and oxygen atoms in total. The van der Waals surface area contributed by atoms with E-state index in [9.17, 15) is 10.0 Å². The van der Waals surface area contributed by atoms with Crippen molar-refractivity contribution in [1.82, 2.24) is 4.98 Å². The molecule has 1 heterocycles. The second kappa shape index (κ2) is 4.72. The van der Waals surface area contributed by atoms with Crippen LogP contribution in [0.5, 0.6) is 0 Å². The fourth-order valence-electron chi connectivity index (χ4n) is 1.82. The third-order valence-corrected chi connectivity index (χ3v) is 3.70. The summed E-state index contributed by atoms with van der Waals surface area (Å²) in [6, 6.07) is 7.78. The molecule has 0 unspecified atom stereocenters. The second-order valence-electron chi connectivity index (χ2n) is 4.42. The highest BCUT2D eigenvalue weighted by molar-refractivity contribution is 7.14. The first-order valence-electron chi connectivity index (χ1n) is 5.91. The SMILES string of the molecule is OB(O)c1ccccc1-c1csc(NC2CC2)n1. The number of anilines is 1. The van der Waals surface area contributed by atoms with Crippen molar-refractivity contribution in [1.29, 1.82) is 0 Å². The van der Waals surface area contributed by atoms with Crippen LogP contribution in [-0.2, 0) is 0 Å². The fourth-order valence-corrected chi connectivity index (χ4v) is 2.61. The molecule has 0 atom stereocenters. The van der Waals surface area contributed by atoms with E-state index in [2.05, 4.69) is 10.3 Å². The van der Waals surface area contributed by atoms with Crippen molar-refractivity contribution in [3.63, 3.8) is 0 Å². The molecule has 0 radical (unpaired) electrons. The van der Waals surface area contributed by atoms with Gasteiger partial charge in [0.05, 0.1) is 5.69 Å². The van der Waals surface area contributed by atoms with Gasteiger partial charge in [-0.1, -0.05) is 24.3 Å². The Morgan fingerprint density at radius 3 is 2.78 bits per heavy atom. The van der Waals surface area contributed by atoms with Gasteiger partial charge in [-0.25, -0.2) is 4.98 Å². The van der Waals surface area contributed by atoms with Gasteiger partial charge in [0.25, 0.3) is 0 Å². The van der Waals surface area contributed by atoms with E-state index in [1.807, 2.05) is 17.5 Å². The summed E-state index contributed by atoms with van der Waals surface area (Å²) in [6.07, 6.45) is 2.42. The van der Waals surface area contributed by atoms with Gasteiger partial charge in [0.15, 0.2) is 5.13 Å². The molecule has 1 aromatic carbocycles. The van der Waals surface area contributed by atoms with E-state index in [0.29, 0.717) is 11.5 Å². The Hall–Kier alpha value is -1.37. The number of benzene rings is 1. The summed E-state index contributed by atoms with van der Waals surface area (Å²) in [5, 5.41) is 24.9. The number of hydrogen-bond donors (Lipinski definition) is 3. The Labute approximate surface area is 109 Å². The molecule has 0 spiro atoms. The molecule has 1 aliphatic carbocycles. The van der Waals surface area contributed by atoms with Crippen molar-refractivity contribution in [3.8, 4) is 11.3 Å². The highest BCUT2D eigenvalue weighted by Gasteiger charge is 2.23. The van der Waals surface area contributed by atoms with Gasteiger partial charge in [0.2, 0.25) is 0 Å². The topological polar surface area (TPSA) is 65.4 Å². The number of hydrogen-bond acceptors (Lipinski definition) is 5. The van der Waals surface area contributed by atoms with Crippen molar-refractivity contribution in [3.05, 3.63) is 29.6 Å². The van der Waals surface area contributed by atoms with Gasteiger partial charge in [0.1, 0.15) is 0 Å². The van der Waals surface area contributed by atoms with Crippen LogP contribution in [0.1, 0.15) is 12.8 Å². The number of nitrogens with zero attached hydrogens (tertiary/aromatic N) is 1. The lowest BCUT2D eigenvalue weighted by Crippen LogP contribution is -2.31. The van der Waals surface area contributed by atoms with Crippen LogP contribution in [0.15, 0.2) is 29.6 Å². The molecule has 0 amide bonds. The van der Waals surface area contributed by atoms with Crippen LogP contribution >= 0.6 is 11.3 Å². The third kappa shape index (κ3) is 2.41. The number of rotatable bonds is 4. The van der Waals surface area contributed by atoms with Crippen LogP contribution < -0.4 is 10.8 Å². The van der Waals surface area contributed by atoms with Gasteiger partial charge in [-0.05, 0) is 18.3 Å². The van der Waals surface area contributed by atoms with Gasteiger partial charge >= 0.3 is 7.12 Å². The zero-order chi connectivity index (χ0) is 12.5. The Kier molecular flexibility index (Phi) is 3.07. The molecular weight excluding hydrogens is 247 g/mol. The molecule has 0 bridgehead atoms. The molecule has 3 rings (SSSR count). The van der Waals surface area contributed by atoms with Gasteiger partial charge in [0, 0.05) is 17.0 Å². The van der Waals surface area contributed by atoms with E-state index in [1.54, 1.807) is 23.5 Å². The quantitative estimate of drug-likeness (QED) is 0.719. The molecule has 18 heavy (non-hydrogen) atoms. The average molecular weight is 260 g/mol. The molecule has 6 heteroatoms. The number of thiazole rings is 1. The summed E-state index contributed by atoms with van der Waals surface area (Å²) in [5.41, 5.74) is 2.04. The number of aromatic nitrogens is 1. The monoisotopic (exact) mass is 260 g/mol. The predicted octanol–water partition coefficient (Wildman–Crippen LogP) is 1.06. The minimum atomic E-state index is -1.47. The van der Waals surface area contributed by atoms with E-state index < -0.39 is 7.12 Å². The lowest BCUT2D eigenvalue weighted by Gasteiger charge is -2.05. The van der Waals surface area contributed by atoms with Crippen LogP contribution in [0, 0.1) is 0 Å². The molecule has 1 saturated carbocycles. The first kappa shape index (κ1) is 11.7. The van der Waals surface area contributed by atoms with E-state index in [-0.39, 0.29) is 0 Å². The largest absolute Gasteiger partial charge is 0.489 e. The predicted molar refractivity (Wildman–Crippen MR) is 74.0 cm³/mol. The third-order valence-electron chi connectivity index (χ3n) is 2.92. The molecule has 1 fully saturated rings. The van der Waals surface area contributed by atoms with Crippen LogP contribution in [0.2, 0.25) is 0 Å². The highest BCUT2D eigenvalue weighted by Crippen LogP contribution is 2.29. The van der Waals surface area contributed by atoms with Gasteiger partial charge < -0.3 is 15.4 Å². The molecule has 0 aliphatic heterocycles. The Morgan fingerprint density at radius 1 is 1.28 bits per heavy atom. The van der Waals surface area contributed by atoms with Crippen LogP contribution in [0.3, 0.4) is 0 Å². The molecule has 1 aromatic heterocycles. The molecule has 0 saturated heterocycles. The summed E-state index contributed by atoms with van der Waals surface area (Å²) in [7, 11) is -1.47. The Balaban J connectivity index is 1.91. The highest BCUT2D eigenvalue weighted by atomic mass is 32.1. The van der Waals surface area contributed by atoms with Crippen molar-refractivity contribution < 1.29 is 10.0 Å². The maximum absolute atomic E-state index is 9.34. The maximum atomic E-state index is 9.34. The lowest BCUT2D eigenvalue weighted by atomic mass is 9.76. The molecule has 92 valence electrons. The van der Waals surface area contributed by atoms with Gasteiger partial charge in [-0.3, -0.25) is 0 Å². The maximum Gasteiger partial charge on any atom is 0.489 e. The zero-order valence-electron chi connectivity index (χ0n) is 9.71. The Morgan fingerprint density at radius 2 is 2.06 bits per heavy atom. The van der Waals surface area contributed by atoms with E-state index >= 15 is 0 Å². The molecular formula is C12H13BN2O2S. The van der Waals surface area contributed by atoms with E-state index in [0.717, 1.165) is 16.4 Å². The van der Waals surface area contributed by atoms with E-state index in [1.165, 1.54) is 12.8 Å². The van der Waals surface area contributed by atoms with Crippen LogP contribution in [0.4, 0.5) is 5.13 Å². The summed E-state index contributed by atoms with van der Waals surface area (Å²) in [4.78, 5) is 4.49. The standard InChI is InChI=1S/C12H13BN2O2S/c16-13(17)10-4-2-1-3-9(10)11-7-18-12(15-11)14-8-5-6-8/h1-4,7-8,16-17H,5-6H2,(H,14,15). The molecule has 2 aromatic rings. The smallest absolute Gasteiger partial charge is 0.423 e. The second-order valence-corrected chi connectivity index (χ2v) is 5.28. The van der Waals surface area contributed by atoms with Crippen molar-refractivity contribution in [2.75, 3.05) is 5.32 Å². The molecule has 1 aliphatic rings. The summed E-state index contributed by atoms with van der Waals surface area (Å²) >= 11 is 1.55. The average Bonchev–Trinajstić information content (AvgIpc) is 3.05. The van der Waals surface area contributed by atoms with E-state index in [4.69, 9.17) is 0 Å².